The molecule has 0 aromatic rings. The summed E-state index contributed by atoms with van der Waals surface area (Å²) in [6, 6.07) is 0. The van der Waals surface area contributed by atoms with Crippen molar-refractivity contribution in [2.75, 3.05) is 0 Å². The molecule has 0 rings (SSSR count). The van der Waals surface area contributed by atoms with Gasteiger partial charge in [-0.3, -0.25) is 0 Å². The Labute approximate surface area is 108 Å². The van der Waals surface area contributed by atoms with Crippen molar-refractivity contribution < 1.29 is 110 Å². The van der Waals surface area contributed by atoms with Crippen molar-refractivity contribution in [3.8, 4) is 0 Å². The predicted molar refractivity (Wildman–Crippen MR) is 0 cm³/mol. The molecular formula is Br4W2. The zero-order valence-corrected chi connectivity index (χ0v) is 14.5. The van der Waals surface area contributed by atoms with Crippen LogP contribution in [0.4, 0.5) is 0 Å². The van der Waals surface area contributed by atoms with E-state index in [0.29, 0.717) is 0 Å². The number of halogens is 4. The Morgan fingerprint density at radius 2 is 0.333 bits per heavy atom. The maximum absolute atomic E-state index is 0. The molecule has 40 valence electrons. The summed E-state index contributed by atoms with van der Waals surface area (Å²) in [5.74, 6) is 0. The maximum atomic E-state index is 0. The van der Waals surface area contributed by atoms with Crippen LogP contribution in [0, 0.1) is 0 Å². The van der Waals surface area contributed by atoms with Gasteiger partial charge in [-0.1, -0.05) is 0 Å². The van der Waals surface area contributed by atoms with E-state index in [0.717, 1.165) is 0 Å². The van der Waals surface area contributed by atoms with E-state index in [1.165, 1.54) is 0 Å². The molecule has 0 unspecified atom stereocenters. The van der Waals surface area contributed by atoms with Gasteiger partial charge in [0.15, 0.2) is 0 Å². The third-order valence-corrected chi connectivity index (χ3v) is 0. The zero-order chi connectivity index (χ0) is 0. The van der Waals surface area contributed by atoms with E-state index < -0.39 is 0 Å². The SMILES string of the molecule is [Br-].[Br-].[Br-].[Br-].[W+2].[W+2]. The van der Waals surface area contributed by atoms with Crippen LogP contribution in [0.5, 0.6) is 0 Å². The molecule has 0 atom stereocenters. The molecule has 0 aliphatic heterocycles. The van der Waals surface area contributed by atoms with E-state index >= 15 is 0 Å². The van der Waals surface area contributed by atoms with Crippen molar-refractivity contribution in [3.05, 3.63) is 0 Å². The van der Waals surface area contributed by atoms with Gasteiger partial charge in [0.05, 0.1) is 0 Å². The van der Waals surface area contributed by atoms with Gasteiger partial charge in [-0.2, -0.15) is 0 Å². The van der Waals surface area contributed by atoms with Crippen LogP contribution in [0.2, 0.25) is 0 Å². The Kier molecular flexibility index (Phi) is 399. The third-order valence-electron chi connectivity index (χ3n) is 0. The van der Waals surface area contributed by atoms with E-state index in [1.54, 1.807) is 0 Å². The molecule has 6 heteroatoms. The molecule has 0 saturated carbocycles. The molecule has 0 spiro atoms. The standard InChI is InChI=1S/4BrH.2W/h4*1H;;/q;;;;2*+2/p-4. The van der Waals surface area contributed by atoms with Gasteiger partial charge in [0.2, 0.25) is 0 Å². The van der Waals surface area contributed by atoms with E-state index in [4.69, 9.17) is 0 Å². The first-order valence-corrected chi connectivity index (χ1v) is 0. The molecule has 0 aliphatic rings. The summed E-state index contributed by atoms with van der Waals surface area (Å²) in [4.78, 5) is 0. The van der Waals surface area contributed by atoms with E-state index in [9.17, 15) is 0 Å². The van der Waals surface area contributed by atoms with Crippen LogP contribution >= 0.6 is 0 Å². The van der Waals surface area contributed by atoms with Gasteiger partial charge in [0.25, 0.3) is 0 Å². The van der Waals surface area contributed by atoms with Crippen molar-refractivity contribution in [3.63, 3.8) is 0 Å². The first kappa shape index (κ1) is 58.9. The van der Waals surface area contributed by atoms with E-state index in [2.05, 4.69) is 0 Å². The molecule has 0 saturated heterocycles. The quantitative estimate of drug-likeness (QED) is 0.238. The Morgan fingerprint density at radius 1 is 0.333 bits per heavy atom. The summed E-state index contributed by atoms with van der Waals surface area (Å²) in [6.45, 7) is 0. The van der Waals surface area contributed by atoms with Gasteiger partial charge in [-0.25, -0.2) is 0 Å². The smallest absolute Gasteiger partial charge is 1.00 e. The summed E-state index contributed by atoms with van der Waals surface area (Å²) < 4.78 is 0. The van der Waals surface area contributed by atoms with E-state index in [1.807, 2.05) is 0 Å². The van der Waals surface area contributed by atoms with Crippen LogP contribution in [0.1, 0.15) is 0 Å². The molecule has 0 amide bonds. The minimum Gasteiger partial charge on any atom is -1.00 e. The van der Waals surface area contributed by atoms with Crippen LogP contribution in [-0.2, 0) is 42.1 Å². The van der Waals surface area contributed by atoms with Crippen LogP contribution in [0.15, 0.2) is 0 Å². The molecular weight excluding hydrogens is 687 g/mol. The Morgan fingerprint density at radius 3 is 0.333 bits per heavy atom. The van der Waals surface area contributed by atoms with Gasteiger partial charge in [0.1, 0.15) is 0 Å². The first-order chi connectivity index (χ1) is 0. The summed E-state index contributed by atoms with van der Waals surface area (Å²) in [7, 11) is 0. The molecule has 0 N–H and O–H groups in total. The van der Waals surface area contributed by atoms with Crippen LogP contribution in [-0.4, -0.2) is 0 Å². The van der Waals surface area contributed by atoms with Crippen molar-refractivity contribution in [2.24, 2.45) is 0 Å². The van der Waals surface area contributed by atoms with Crippen LogP contribution in [0.25, 0.3) is 0 Å². The number of rotatable bonds is 0. The van der Waals surface area contributed by atoms with Crippen molar-refractivity contribution >= 4 is 0 Å². The molecule has 0 nitrogen and oxygen atoms in total. The van der Waals surface area contributed by atoms with Crippen molar-refractivity contribution in [1.82, 2.24) is 0 Å². The number of hydrogen-bond donors (Lipinski definition) is 0. The summed E-state index contributed by atoms with van der Waals surface area (Å²) in [5.41, 5.74) is 0. The molecule has 0 radical (unpaired) electrons. The fraction of sp³-hybridized carbons (Fsp3) is 0. The second-order valence-electron chi connectivity index (χ2n) is 0. The minimum absolute atomic E-state index is 0. The van der Waals surface area contributed by atoms with Gasteiger partial charge in [-0.05, 0) is 0 Å². The van der Waals surface area contributed by atoms with Gasteiger partial charge < -0.3 is 67.9 Å². The fourth-order valence-corrected chi connectivity index (χ4v) is 0. The number of hydrogen-bond acceptors (Lipinski definition) is 0. The van der Waals surface area contributed by atoms with Gasteiger partial charge in [-0.15, -0.1) is 0 Å². The summed E-state index contributed by atoms with van der Waals surface area (Å²) >= 11 is 0. The van der Waals surface area contributed by atoms with Gasteiger partial charge >= 0.3 is 42.1 Å². The summed E-state index contributed by atoms with van der Waals surface area (Å²) in [6.07, 6.45) is 0. The van der Waals surface area contributed by atoms with Crippen molar-refractivity contribution in [1.29, 1.82) is 0 Å². The summed E-state index contributed by atoms with van der Waals surface area (Å²) in [5, 5.41) is 0. The van der Waals surface area contributed by atoms with Crippen LogP contribution in [0.3, 0.4) is 0 Å². The molecule has 0 fully saturated rings. The Hall–Kier alpha value is 3.30. The topological polar surface area (TPSA) is 0 Å². The van der Waals surface area contributed by atoms with Crippen LogP contribution < -0.4 is 67.9 Å². The largest absolute Gasteiger partial charge is 2.00 e. The van der Waals surface area contributed by atoms with Gasteiger partial charge in [0, 0.05) is 0 Å². The normalized spacial score (nSPS) is 0. The predicted octanol–water partition coefficient (Wildman–Crippen LogP) is -12.0. The second kappa shape index (κ2) is 40.6. The molecule has 0 heterocycles. The zero-order valence-electron chi connectivity index (χ0n) is 2.33. The molecule has 6 heavy (non-hydrogen) atoms. The Balaban J connectivity index is 0. The minimum atomic E-state index is 0. The average molecular weight is 687 g/mol. The fourth-order valence-electron chi connectivity index (χ4n) is 0. The third kappa shape index (κ3) is 26.6. The molecule has 0 aromatic carbocycles. The van der Waals surface area contributed by atoms with E-state index in [-0.39, 0.29) is 110 Å². The molecule has 0 aromatic heterocycles. The monoisotopic (exact) mass is 684 g/mol. The molecule has 0 bridgehead atoms. The average Bonchev–Trinajstić information content (AvgIpc) is 0. The van der Waals surface area contributed by atoms with Crippen molar-refractivity contribution in [2.45, 2.75) is 0 Å². The second-order valence-corrected chi connectivity index (χ2v) is 0. The Bertz CT molecular complexity index is 5.51. The molecule has 0 aliphatic carbocycles. The first-order valence-electron chi connectivity index (χ1n) is 0. The maximum Gasteiger partial charge on any atom is 2.00 e.